The van der Waals surface area contributed by atoms with Crippen LogP contribution in [0.1, 0.15) is 75.2 Å². The predicted molar refractivity (Wildman–Crippen MR) is 126 cm³/mol. The Bertz CT molecular complexity index is 816. The van der Waals surface area contributed by atoms with Crippen LogP contribution in [-0.4, -0.2) is 42.4 Å². The highest BCUT2D eigenvalue weighted by Crippen LogP contribution is 2.33. The van der Waals surface area contributed by atoms with Crippen molar-refractivity contribution in [2.75, 3.05) is 13.2 Å². The van der Waals surface area contributed by atoms with Crippen LogP contribution in [-0.2, 0) is 16.0 Å². The van der Waals surface area contributed by atoms with Gasteiger partial charge >= 0.3 is 5.97 Å². The second-order valence-corrected chi connectivity index (χ2v) is 8.81. The molecule has 0 amide bonds. The molecule has 1 aliphatic rings. The Morgan fingerprint density at radius 3 is 2.06 bits per heavy atom. The van der Waals surface area contributed by atoms with Crippen molar-refractivity contribution in [3.8, 4) is 36.2 Å². The molecular weight excluding hydrogens is 422 g/mol. The van der Waals surface area contributed by atoms with Gasteiger partial charge in [0.05, 0.1) is 29.9 Å². The zero-order valence-electron chi connectivity index (χ0n) is 19.8. The molecule has 180 valence electrons. The number of terminal acetylenes is 2. The third-order valence-corrected chi connectivity index (χ3v) is 4.76. The van der Waals surface area contributed by atoms with E-state index < -0.39 is 5.97 Å². The summed E-state index contributed by atoms with van der Waals surface area (Å²) < 4.78 is 23.3. The number of benzene rings is 1. The van der Waals surface area contributed by atoms with Gasteiger partial charge in [-0.15, -0.1) is 24.7 Å². The molecule has 0 aliphatic carbocycles. The summed E-state index contributed by atoms with van der Waals surface area (Å²) in [5.74, 6) is 5.10. The molecule has 33 heavy (non-hydrogen) atoms. The van der Waals surface area contributed by atoms with E-state index in [0.717, 1.165) is 31.2 Å². The lowest BCUT2D eigenvalue weighted by molar-refractivity contribution is -0.0571. The minimum atomic E-state index is -1.05. The molecule has 0 bridgehead atoms. The highest BCUT2D eigenvalue weighted by atomic mass is 16.8. The fourth-order valence-corrected chi connectivity index (χ4v) is 3.08. The molecule has 1 saturated heterocycles. The lowest BCUT2D eigenvalue weighted by Gasteiger charge is -2.19. The average Bonchev–Trinajstić information content (AvgIpc) is 3.47. The van der Waals surface area contributed by atoms with E-state index in [4.69, 9.17) is 31.8 Å². The lowest BCUT2D eigenvalue weighted by atomic mass is 10.1. The number of aromatic carboxylic acids is 1. The molecule has 1 fully saturated rings. The number of carboxylic acids is 1. The maximum atomic E-state index is 11.7. The molecular formula is C26H35NO6. The van der Waals surface area contributed by atoms with Gasteiger partial charge in [0.2, 0.25) is 0 Å². The number of rotatable bonds is 15. The second kappa shape index (κ2) is 13.1. The van der Waals surface area contributed by atoms with E-state index in [1.54, 1.807) is 0 Å². The average molecular weight is 458 g/mol. The number of carboxylic acid groups (broad SMARTS) is 1. The molecule has 2 rings (SSSR count). The van der Waals surface area contributed by atoms with Gasteiger partial charge in [-0.25, -0.2) is 4.79 Å². The molecule has 1 aliphatic heterocycles. The van der Waals surface area contributed by atoms with E-state index in [1.165, 1.54) is 12.1 Å². The normalized spacial score (nSPS) is 17.1. The van der Waals surface area contributed by atoms with E-state index in [0.29, 0.717) is 44.1 Å². The van der Waals surface area contributed by atoms with Crippen LogP contribution >= 0.6 is 0 Å². The van der Waals surface area contributed by atoms with E-state index in [-0.39, 0.29) is 23.7 Å². The van der Waals surface area contributed by atoms with Gasteiger partial charge in [-0.05, 0) is 58.6 Å². The van der Waals surface area contributed by atoms with Gasteiger partial charge < -0.3 is 24.1 Å². The van der Waals surface area contributed by atoms with Crippen LogP contribution < -0.4 is 14.8 Å². The number of carbonyl (C=O) groups is 1. The van der Waals surface area contributed by atoms with E-state index in [2.05, 4.69) is 17.2 Å². The molecule has 2 atom stereocenters. The fraction of sp³-hybridized carbons (Fsp3) is 0.577. The molecule has 0 radical (unpaired) electrons. The molecule has 7 nitrogen and oxygen atoms in total. The molecule has 1 aromatic rings. The topological polar surface area (TPSA) is 89.6 Å². The van der Waals surface area contributed by atoms with Gasteiger partial charge in [0.25, 0.3) is 0 Å². The number of ether oxygens (including phenoxy) is 4. The Balaban J connectivity index is 2.14. The van der Waals surface area contributed by atoms with Gasteiger partial charge in [0.15, 0.2) is 12.5 Å². The van der Waals surface area contributed by atoms with Gasteiger partial charge in [-0.1, -0.05) is 0 Å². The number of unbranched alkanes of at least 4 members (excludes halogenated alkanes) is 4. The first-order valence-corrected chi connectivity index (χ1v) is 11.3. The van der Waals surface area contributed by atoms with Crippen LogP contribution in [0.15, 0.2) is 12.1 Å². The number of epoxide rings is 1. The first-order chi connectivity index (χ1) is 15.7. The SMILES string of the molecule is C#CCCCCOc1cc(C(=O)O)cc(OCCCCC#C)c1CNC1OC1OC(C)(C)C. The number of nitrogens with one attached hydrogen (secondary N) is 1. The van der Waals surface area contributed by atoms with E-state index in [1.807, 2.05) is 20.8 Å². The lowest BCUT2D eigenvalue weighted by Crippen LogP contribution is -2.26. The highest BCUT2D eigenvalue weighted by Gasteiger charge is 2.42. The third-order valence-electron chi connectivity index (χ3n) is 4.76. The summed E-state index contributed by atoms with van der Waals surface area (Å²) in [6.07, 6.45) is 14.6. The molecule has 2 unspecified atom stereocenters. The molecule has 0 aromatic heterocycles. The standard InChI is InChI=1S/C26H35NO6/c1-6-8-10-12-14-30-21-16-19(24(28)29)17-22(31-15-13-11-9-7-2)20(21)18-27-23-25(32-23)33-26(3,4)5/h1-2,16-17,23,25,27H,8-15,18H2,3-5H3,(H,28,29). The summed E-state index contributed by atoms with van der Waals surface area (Å²) in [7, 11) is 0. The Morgan fingerprint density at radius 2 is 1.61 bits per heavy atom. The molecule has 0 spiro atoms. The third kappa shape index (κ3) is 9.75. The first-order valence-electron chi connectivity index (χ1n) is 11.3. The van der Waals surface area contributed by atoms with Crippen LogP contribution in [0.2, 0.25) is 0 Å². The molecule has 0 saturated carbocycles. The van der Waals surface area contributed by atoms with Crippen LogP contribution in [0.5, 0.6) is 11.5 Å². The van der Waals surface area contributed by atoms with Crippen molar-refractivity contribution in [3.05, 3.63) is 23.3 Å². The van der Waals surface area contributed by atoms with Crippen molar-refractivity contribution in [1.82, 2.24) is 5.32 Å². The minimum absolute atomic E-state index is 0.104. The minimum Gasteiger partial charge on any atom is -0.493 e. The number of hydrogen-bond donors (Lipinski definition) is 2. The van der Waals surface area contributed by atoms with Gasteiger partial charge in [-0.2, -0.15) is 0 Å². The molecule has 7 heteroatoms. The Labute approximate surface area is 197 Å². The fourth-order valence-electron chi connectivity index (χ4n) is 3.08. The number of hydrogen-bond acceptors (Lipinski definition) is 6. The predicted octanol–water partition coefficient (Wildman–Crippen LogP) is 4.34. The van der Waals surface area contributed by atoms with Crippen LogP contribution in [0.3, 0.4) is 0 Å². The summed E-state index contributed by atoms with van der Waals surface area (Å²) in [6.45, 7) is 7.12. The maximum Gasteiger partial charge on any atom is 0.335 e. The Morgan fingerprint density at radius 1 is 1.06 bits per heavy atom. The van der Waals surface area contributed by atoms with E-state index in [9.17, 15) is 9.90 Å². The largest absolute Gasteiger partial charge is 0.493 e. The Kier molecular flexibility index (Phi) is 10.5. The van der Waals surface area contributed by atoms with Crippen LogP contribution in [0, 0.1) is 24.7 Å². The van der Waals surface area contributed by atoms with Crippen LogP contribution in [0.4, 0.5) is 0 Å². The van der Waals surface area contributed by atoms with Gasteiger partial charge in [0.1, 0.15) is 11.5 Å². The monoisotopic (exact) mass is 457 g/mol. The van der Waals surface area contributed by atoms with Crippen molar-refractivity contribution in [1.29, 1.82) is 0 Å². The summed E-state index contributed by atoms with van der Waals surface area (Å²) >= 11 is 0. The highest BCUT2D eigenvalue weighted by molar-refractivity contribution is 5.89. The second-order valence-electron chi connectivity index (χ2n) is 8.81. The van der Waals surface area contributed by atoms with Crippen molar-refractivity contribution >= 4 is 5.97 Å². The van der Waals surface area contributed by atoms with Gasteiger partial charge in [0, 0.05) is 19.4 Å². The molecule has 2 N–H and O–H groups in total. The van der Waals surface area contributed by atoms with E-state index >= 15 is 0 Å². The molecule has 1 heterocycles. The van der Waals surface area contributed by atoms with Crippen LogP contribution in [0.25, 0.3) is 0 Å². The smallest absolute Gasteiger partial charge is 0.335 e. The summed E-state index contributed by atoms with van der Waals surface area (Å²) in [5, 5.41) is 12.9. The van der Waals surface area contributed by atoms with Crippen molar-refractivity contribution in [2.45, 2.75) is 84.0 Å². The van der Waals surface area contributed by atoms with Crippen molar-refractivity contribution in [2.24, 2.45) is 0 Å². The Hall–Kier alpha value is -2.71. The van der Waals surface area contributed by atoms with Crippen molar-refractivity contribution in [3.63, 3.8) is 0 Å². The maximum absolute atomic E-state index is 11.7. The van der Waals surface area contributed by atoms with Gasteiger partial charge in [-0.3, -0.25) is 5.32 Å². The summed E-state index contributed by atoms with van der Waals surface area (Å²) in [5.41, 5.74) is 0.523. The zero-order chi connectivity index (χ0) is 24.3. The summed E-state index contributed by atoms with van der Waals surface area (Å²) in [4.78, 5) is 11.7. The first kappa shape index (κ1) is 26.5. The summed E-state index contributed by atoms with van der Waals surface area (Å²) in [6, 6.07) is 3.06. The van der Waals surface area contributed by atoms with Crippen molar-refractivity contribution < 1.29 is 28.8 Å². The zero-order valence-corrected chi connectivity index (χ0v) is 19.8. The quantitative estimate of drug-likeness (QED) is 0.230. The molecule has 1 aromatic carbocycles.